The van der Waals surface area contributed by atoms with Crippen LogP contribution in [0.1, 0.15) is 10.4 Å². The maximum Gasteiger partial charge on any atom is 0.322 e. The molecule has 0 saturated carbocycles. The molecule has 8 heteroatoms. The van der Waals surface area contributed by atoms with E-state index in [-0.39, 0.29) is 17.8 Å². The molecule has 3 rings (SSSR count). The van der Waals surface area contributed by atoms with E-state index in [1.165, 1.54) is 0 Å². The summed E-state index contributed by atoms with van der Waals surface area (Å²) in [6.07, 6.45) is 1.94. The Bertz CT molecular complexity index is 899. The number of benzene rings is 2. The summed E-state index contributed by atoms with van der Waals surface area (Å²) in [4.78, 5) is 13.2. The van der Waals surface area contributed by atoms with E-state index in [4.69, 9.17) is 27.6 Å². The predicted molar refractivity (Wildman–Crippen MR) is 95.9 cm³/mol. The average Bonchev–Trinajstić information content (AvgIpc) is 3.03. The fourth-order valence-electron chi connectivity index (χ4n) is 1.98. The minimum absolute atomic E-state index is 0.00410. The molecule has 1 N–H and O–H groups in total. The maximum atomic E-state index is 12.2. The molecule has 1 aromatic heterocycles. The van der Waals surface area contributed by atoms with Gasteiger partial charge in [0.25, 0.3) is 11.8 Å². The molecule has 0 radical (unpaired) electrons. The van der Waals surface area contributed by atoms with Gasteiger partial charge in [0, 0.05) is 15.5 Å². The van der Waals surface area contributed by atoms with Crippen molar-refractivity contribution >= 4 is 46.9 Å². The third-order valence-corrected chi connectivity index (χ3v) is 4.41. The molecular formula is C16H11Cl2N3O2S. The standard InChI is InChI=1S/C16H11Cl2N3O2S/c1-24-11-4-2-3-9(7-11)14(22)19-16-21-20-15(23-16)12-6-5-10(17)8-13(12)18/h2-8H,1H3,(H,19,21,22). The van der Waals surface area contributed by atoms with Gasteiger partial charge in [-0.1, -0.05) is 34.4 Å². The lowest BCUT2D eigenvalue weighted by molar-refractivity contribution is 0.102. The molecule has 122 valence electrons. The number of carbonyl (C=O) groups excluding carboxylic acids is 1. The highest BCUT2D eigenvalue weighted by Crippen LogP contribution is 2.30. The van der Waals surface area contributed by atoms with Crippen LogP contribution in [0.25, 0.3) is 11.5 Å². The number of anilines is 1. The molecule has 0 spiro atoms. The van der Waals surface area contributed by atoms with Crippen LogP contribution >= 0.6 is 35.0 Å². The molecule has 1 heterocycles. The summed E-state index contributed by atoms with van der Waals surface area (Å²) in [6.45, 7) is 0. The molecule has 0 aliphatic heterocycles. The number of carbonyl (C=O) groups is 1. The number of amides is 1. The topological polar surface area (TPSA) is 68.0 Å². The van der Waals surface area contributed by atoms with Crippen LogP contribution in [-0.4, -0.2) is 22.4 Å². The van der Waals surface area contributed by atoms with Crippen LogP contribution in [0.2, 0.25) is 10.0 Å². The number of halogens is 2. The molecule has 0 unspecified atom stereocenters. The molecule has 3 aromatic rings. The Balaban J connectivity index is 1.79. The highest BCUT2D eigenvalue weighted by Gasteiger charge is 2.15. The van der Waals surface area contributed by atoms with Gasteiger partial charge in [-0.3, -0.25) is 10.1 Å². The summed E-state index contributed by atoms with van der Waals surface area (Å²) in [5, 5.41) is 11.2. The van der Waals surface area contributed by atoms with Gasteiger partial charge in [0.2, 0.25) is 0 Å². The van der Waals surface area contributed by atoms with E-state index in [9.17, 15) is 4.79 Å². The molecule has 0 fully saturated rings. The lowest BCUT2D eigenvalue weighted by atomic mass is 10.2. The number of aromatic nitrogens is 2. The van der Waals surface area contributed by atoms with Crippen molar-refractivity contribution in [3.8, 4) is 11.5 Å². The first-order chi connectivity index (χ1) is 11.6. The fraction of sp³-hybridized carbons (Fsp3) is 0.0625. The van der Waals surface area contributed by atoms with Gasteiger partial charge in [-0.05, 0) is 42.7 Å². The van der Waals surface area contributed by atoms with Crippen molar-refractivity contribution in [3.63, 3.8) is 0 Å². The zero-order chi connectivity index (χ0) is 17.1. The largest absolute Gasteiger partial charge is 0.403 e. The van der Waals surface area contributed by atoms with E-state index in [1.807, 2.05) is 18.4 Å². The van der Waals surface area contributed by atoms with Gasteiger partial charge in [-0.25, -0.2) is 0 Å². The van der Waals surface area contributed by atoms with E-state index in [0.717, 1.165) is 4.90 Å². The van der Waals surface area contributed by atoms with E-state index < -0.39 is 0 Å². The smallest absolute Gasteiger partial charge is 0.322 e. The molecule has 0 aliphatic rings. The second-order valence-corrected chi connectivity index (χ2v) is 6.45. The summed E-state index contributed by atoms with van der Waals surface area (Å²) in [5.74, 6) is -0.131. The van der Waals surface area contributed by atoms with Gasteiger partial charge in [0.15, 0.2) is 0 Å². The molecule has 0 bridgehead atoms. The minimum atomic E-state index is -0.330. The van der Waals surface area contributed by atoms with Gasteiger partial charge < -0.3 is 4.42 Å². The van der Waals surface area contributed by atoms with Crippen molar-refractivity contribution in [1.29, 1.82) is 0 Å². The third kappa shape index (κ3) is 3.72. The number of hydrogen-bond acceptors (Lipinski definition) is 5. The second kappa shape index (κ2) is 7.25. The summed E-state index contributed by atoms with van der Waals surface area (Å²) in [5.41, 5.74) is 1.05. The Morgan fingerprint density at radius 2 is 2.00 bits per heavy atom. The zero-order valence-corrected chi connectivity index (χ0v) is 14.7. The molecule has 0 aliphatic carbocycles. The lowest BCUT2D eigenvalue weighted by Gasteiger charge is -2.02. The van der Waals surface area contributed by atoms with E-state index in [0.29, 0.717) is 21.2 Å². The van der Waals surface area contributed by atoms with Crippen LogP contribution in [0.4, 0.5) is 6.01 Å². The quantitative estimate of drug-likeness (QED) is 0.644. The minimum Gasteiger partial charge on any atom is -0.403 e. The molecule has 1 amide bonds. The molecule has 2 aromatic carbocycles. The highest BCUT2D eigenvalue weighted by atomic mass is 35.5. The first-order valence-electron chi connectivity index (χ1n) is 6.81. The van der Waals surface area contributed by atoms with Crippen molar-refractivity contribution in [2.24, 2.45) is 0 Å². The number of nitrogens with one attached hydrogen (secondary N) is 1. The first kappa shape index (κ1) is 16.8. The molecule has 0 saturated heterocycles. The highest BCUT2D eigenvalue weighted by molar-refractivity contribution is 7.98. The fourth-order valence-corrected chi connectivity index (χ4v) is 2.93. The van der Waals surface area contributed by atoms with Crippen molar-refractivity contribution in [3.05, 3.63) is 58.1 Å². The lowest BCUT2D eigenvalue weighted by Crippen LogP contribution is -2.12. The Morgan fingerprint density at radius 1 is 1.17 bits per heavy atom. The Kier molecular flexibility index (Phi) is 5.08. The number of thioether (sulfide) groups is 1. The van der Waals surface area contributed by atoms with E-state index in [1.54, 1.807) is 42.1 Å². The van der Waals surface area contributed by atoms with E-state index in [2.05, 4.69) is 15.5 Å². The van der Waals surface area contributed by atoms with Crippen molar-refractivity contribution in [2.45, 2.75) is 4.90 Å². The number of nitrogens with zero attached hydrogens (tertiary/aromatic N) is 2. The van der Waals surface area contributed by atoms with Crippen LogP contribution < -0.4 is 5.32 Å². The van der Waals surface area contributed by atoms with E-state index >= 15 is 0 Å². The van der Waals surface area contributed by atoms with Gasteiger partial charge >= 0.3 is 6.01 Å². The monoisotopic (exact) mass is 379 g/mol. The van der Waals surface area contributed by atoms with Gasteiger partial charge in [-0.2, -0.15) is 0 Å². The predicted octanol–water partition coefficient (Wildman–Crippen LogP) is 5.02. The summed E-state index contributed by atoms with van der Waals surface area (Å²) in [7, 11) is 0. The normalized spacial score (nSPS) is 10.6. The molecular weight excluding hydrogens is 369 g/mol. The summed E-state index contributed by atoms with van der Waals surface area (Å²) in [6, 6.07) is 12.1. The molecule has 24 heavy (non-hydrogen) atoms. The van der Waals surface area contributed by atoms with Crippen molar-refractivity contribution in [1.82, 2.24) is 10.2 Å². The maximum absolute atomic E-state index is 12.2. The summed E-state index contributed by atoms with van der Waals surface area (Å²) >= 11 is 13.5. The van der Waals surface area contributed by atoms with Gasteiger partial charge in [0.05, 0.1) is 10.6 Å². The average molecular weight is 380 g/mol. The Hall–Kier alpha value is -2.02. The SMILES string of the molecule is CSc1cccc(C(=O)Nc2nnc(-c3ccc(Cl)cc3Cl)o2)c1. The molecule has 0 atom stereocenters. The summed E-state index contributed by atoms with van der Waals surface area (Å²) < 4.78 is 5.45. The van der Waals surface area contributed by atoms with Crippen LogP contribution in [0.3, 0.4) is 0 Å². The van der Waals surface area contributed by atoms with Crippen molar-refractivity contribution < 1.29 is 9.21 Å². The second-order valence-electron chi connectivity index (χ2n) is 4.72. The zero-order valence-electron chi connectivity index (χ0n) is 12.4. The van der Waals surface area contributed by atoms with Gasteiger partial charge in [0.1, 0.15) is 0 Å². The van der Waals surface area contributed by atoms with Crippen LogP contribution in [0, 0.1) is 0 Å². The number of rotatable bonds is 4. The first-order valence-corrected chi connectivity index (χ1v) is 8.79. The Morgan fingerprint density at radius 3 is 2.75 bits per heavy atom. The van der Waals surface area contributed by atoms with Crippen LogP contribution in [0.15, 0.2) is 51.8 Å². The third-order valence-electron chi connectivity index (χ3n) is 3.14. The Labute approximate surface area is 152 Å². The van der Waals surface area contributed by atoms with Gasteiger partial charge in [-0.15, -0.1) is 16.9 Å². The molecule has 5 nitrogen and oxygen atoms in total. The van der Waals surface area contributed by atoms with Crippen LogP contribution in [0.5, 0.6) is 0 Å². The van der Waals surface area contributed by atoms with Crippen molar-refractivity contribution in [2.75, 3.05) is 11.6 Å². The number of hydrogen-bond donors (Lipinski definition) is 1. The van der Waals surface area contributed by atoms with Crippen LogP contribution in [-0.2, 0) is 0 Å².